The Hall–Kier alpha value is -1.32. The van der Waals surface area contributed by atoms with Gasteiger partial charge in [-0.15, -0.1) is 11.6 Å². The zero-order valence-electron chi connectivity index (χ0n) is 12.0. The Morgan fingerprint density at radius 2 is 1.95 bits per heavy atom. The summed E-state index contributed by atoms with van der Waals surface area (Å²) in [5, 5.41) is -0.126. The van der Waals surface area contributed by atoms with Gasteiger partial charge < -0.3 is 4.57 Å². The van der Waals surface area contributed by atoms with Gasteiger partial charge in [-0.1, -0.05) is 46.3 Å². The minimum atomic E-state index is -0.126. The predicted octanol–water partition coefficient (Wildman–Crippen LogP) is 5.46. The minimum absolute atomic E-state index is 0.126. The van der Waals surface area contributed by atoms with E-state index in [1.54, 1.807) is 0 Å². The number of imidazole rings is 1. The SMILES string of the molecule is Cc1cccc2nc(C(C)Cl)n(Cc3ccccc3Br)c12. The maximum atomic E-state index is 6.34. The molecular formula is C17H16BrClN2. The molecular weight excluding hydrogens is 348 g/mol. The summed E-state index contributed by atoms with van der Waals surface area (Å²) >= 11 is 9.96. The van der Waals surface area contributed by atoms with Crippen LogP contribution in [-0.4, -0.2) is 9.55 Å². The summed E-state index contributed by atoms with van der Waals surface area (Å²) < 4.78 is 3.33. The molecule has 1 heterocycles. The van der Waals surface area contributed by atoms with Crippen LogP contribution >= 0.6 is 27.5 Å². The molecule has 108 valence electrons. The summed E-state index contributed by atoms with van der Waals surface area (Å²) in [5.74, 6) is 0.914. The molecule has 0 aliphatic heterocycles. The molecule has 0 aliphatic carbocycles. The van der Waals surface area contributed by atoms with E-state index >= 15 is 0 Å². The zero-order chi connectivity index (χ0) is 15.0. The molecule has 0 fully saturated rings. The van der Waals surface area contributed by atoms with Gasteiger partial charge in [0.2, 0.25) is 0 Å². The average molecular weight is 364 g/mol. The molecule has 0 spiro atoms. The average Bonchev–Trinajstić information content (AvgIpc) is 2.82. The lowest BCUT2D eigenvalue weighted by Crippen LogP contribution is -2.07. The third kappa shape index (κ3) is 2.72. The van der Waals surface area contributed by atoms with E-state index in [0.717, 1.165) is 27.9 Å². The zero-order valence-corrected chi connectivity index (χ0v) is 14.3. The Balaban J connectivity index is 2.20. The molecule has 0 N–H and O–H groups in total. The third-order valence-electron chi connectivity index (χ3n) is 3.64. The molecule has 2 aromatic carbocycles. The fourth-order valence-corrected chi connectivity index (χ4v) is 3.22. The van der Waals surface area contributed by atoms with Gasteiger partial charge in [0.1, 0.15) is 5.82 Å². The van der Waals surface area contributed by atoms with Crippen LogP contribution in [-0.2, 0) is 6.54 Å². The van der Waals surface area contributed by atoms with Gasteiger partial charge >= 0.3 is 0 Å². The molecule has 0 bridgehead atoms. The summed E-state index contributed by atoms with van der Waals surface area (Å²) in [6.45, 7) is 4.84. The Labute approximate surface area is 137 Å². The number of aromatic nitrogens is 2. The number of rotatable bonds is 3. The van der Waals surface area contributed by atoms with Crippen molar-refractivity contribution in [3.8, 4) is 0 Å². The Morgan fingerprint density at radius 1 is 1.19 bits per heavy atom. The number of alkyl halides is 1. The first-order chi connectivity index (χ1) is 10.1. The summed E-state index contributed by atoms with van der Waals surface area (Å²) in [5.41, 5.74) is 4.61. The van der Waals surface area contributed by atoms with Crippen LogP contribution in [0.2, 0.25) is 0 Å². The number of para-hydroxylation sites is 1. The van der Waals surface area contributed by atoms with Crippen LogP contribution in [0.3, 0.4) is 0 Å². The first-order valence-corrected chi connectivity index (χ1v) is 8.14. The number of hydrogen-bond acceptors (Lipinski definition) is 1. The fourth-order valence-electron chi connectivity index (χ4n) is 2.64. The number of hydrogen-bond donors (Lipinski definition) is 0. The van der Waals surface area contributed by atoms with E-state index in [-0.39, 0.29) is 5.38 Å². The van der Waals surface area contributed by atoms with Crippen molar-refractivity contribution in [2.24, 2.45) is 0 Å². The van der Waals surface area contributed by atoms with Gasteiger partial charge in [0.25, 0.3) is 0 Å². The Morgan fingerprint density at radius 3 is 2.67 bits per heavy atom. The highest BCUT2D eigenvalue weighted by atomic mass is 79.9. The van der Waals surface area contributed by atoms with Crippen LogP contribution in [0.15, 0.2) is 46.9 Å². The van der Waals surface area contributed by atoms with E-state index in [0.29, 0.717) is 0 Å². The van der Waals surface area contributed by atoms with Crippen LogP contribution in [0.1, 0.15) is 29.3 Å². The monoisotopic (exact) mass is 362 g/mol. The molecule has 0 saturated heterocycles. The molecule has 21 heavy (non-hydrogen) atoms. The van der Waals surface area contributed by atoms with Crippen LogP contribution in [0.25, 0.3) is 11.0 Å². The molecule has 0 radical (unpaired) electrons. The Kier molecular flexibility index (Phi) is 4.05. The normalized spacial score (nSPS) is 12.8. The number of nitrogens with zero attached hydrogens (tertiary/aromatic N) is 2. The number of halogens is 2. The van der Waals surface area contributed by atoms with Crippen molar-refractivity contribution in [1.29, 1.82) is 0 Å². The summed E-state index contributed by atoms with van der Waals surface area (Å²) in [4.78, 5) is 4.71. The molecule has 3 aromatic rings. The van der Waals surface area contributed by atoms with Crippen LogP contribution in [0, 0.1) is 6.92 Å². The highest BCUT2D eigenvalue weighted by Crippen LogP contribution is 2.28. The van der Waals surface area contributed by atoms with Gasteiger partial charge in [-0.25, -0.2) is 4.98 Å². The van der Waals surface area contributed by atoms with Gasteiger partial charge in [-0.2, -0.15) is 0 Å². The molecule has 0 saturated carbocycles. The third-order valence-corrected chi connectivity index (χ3v) is 4.61. The van der Waals surface area contributed by atoms with Gasteiger partial charge in [0.05, 0.1) is 23.0 Å². The van der Waals surface area contributed by atoms with E-state index in [9.17, 15) is 0 Å². The van der Waals surface area contributed by atoms with Crippen molar-refractivity contribution in [3.63, 3.8) is 0 Å². The molecule has 0 aliphatic rings. The first kappa shape index (κ1) is 14.6. The molecule has 3 rings (SSSR count). The predicted molar refractivity (Wildman–Crippen MR) is 92.0 cm³/mol. The largest absolute Gasteiger partial charge is 0.322 e. The van der Waals surface area contributed by atoms with E-state index in [1.165, 1.54) is 11.1 Å². The van der Waals surface area contributed by atoms with Crippen molar-refractivity contribution in [2.75, 3.05) is 0 Å². The smallest absolute Gasteiger partial charge is 0.128 e. The standard InChI is InChI=1S/C17H16BrClN2/c1-11-6-5-9-15-16(11)21(17(20-15)12(2)19)10-13-7-3-4-8-14(13)18/h3-9,12H,10H2,1-2H3. The van der Waals surface area contributed by atoms with Crippen molar-refractivity contribution < 1.29 is 0 Å². The summed E-state index contributed by atoms with van der Waals surface area (Å²) in [7, 11) is 0. The maximum Gasteiger partial charge on any atom is 0.128 e. The Bertz CT molecular complexity index is 793. The van der Waals surface area contributed by atoms with Gasteiger partial charge in [-0.05, 0) is 37.1 Å². The van der Waals surface area contributed by atoms with Crippen molar-refractivity contribution >= 4 is 38.6 Å². The lowest BCUT2D eigenvalue weighted by atomic mass is 10.2. The van der Waals surface area contributed by atoms with Crippen molar-refractivity contribution in [1.82, 2.24) is 9.55 Å². The van der Waals surface area contributed by atoms with E-state index in [2.05, 4.69) is 51.7 Å². The molecule has 0 amide bonds. The van der Waals surface area contributed by atoms with E-state index < -0.39 is 0 Å². The fraction of sp³-hybridized carbons (Fsp3) is 0.235. The lowest BCUT2D eigenvalue weighted by molar-refractivity contribution is 0.739. The topological polar surface area (TPSA) is 17.8 Å². The number of aryl methyl sites for hydroxylation is 1. The van der Waals surface area contributed by atoms with Crippen LogP contribution in [0.5, 0.6) is 0 Å². The van der Waals surface area contributed by atoms with Crippen LogP contribution in [0.4, 0.5) is 0 Å². The lowest BCUT2D eigenvalue weighted by Gasteiger charge is -2.13. The molecule has 2 nitrogen and oxygen atoms in total. The second-order valence-corrected chi connectivity index (χ2v) is 6.72. The first-order valence-electron chi connectivity index (χ1n) is 6.91. The summed E-state index contributed by atoms with van der Waals surface area (Å²) in [6, 6.07) is 14.5. The van der Waals surface area contributed by atoms with Crippen molar-refractivity contribution in [3.05, 3.63) is 63.9 Å². The second-order valence-electron chi connectivity index (χ2n) is 5.21. The van der Waals surface area contributed by atoms with E-state index in [1.807, 2.05) is 25.1 Å². The van der Waals surface area contributed by atoms with Crippen molar-refractivity contribution in [2.45, 2.75) is 25.8 Å². The molecule has 1 unspecified atom stereocenters. The number of benzene rings is 2. The van der Waals surface area contributed by atoms with Gasteiger partial charge in [0, 0.05) is 4.47 Å². The number of fused-ring (bicyclic) bond motifs is 1. The van der Waals surface area contributed by atoms with E-state index in [4.69, 9.17) is 16.6 Å². The molecule has 1 aromatic heterocycles. The second kappa shape index (κ2) is 5.82. The molecule has 4 heteroatoms. The minimum Gasteiger partial charge on any atom is -0.322 e. The summed E-state index contributed by atoms with van der Waals surface area (Å²) in [6.07, 6.45) is 0. The highest BCUT2D eigenvalue weighted by molar-refractivity contribution is 9.10. The van der Waals surface area contributed by atoms with Gasteiger partial charge in [-0.3, -0.25) is 0 Å². The molecule has 1 atom stereocenters. The maximum absolute atomic E-state index is 6.34. The van der Waals surface area contributed by atoms with Gasteiger partial charge in [0.15, 0.2) is 0 Å². The van der Waals surface area contributed by atoms with Crippen LogP contribution < -0.4 is 0 Å². The highest BCUT2D eigenvalue weighted by Gasteiger charge is 2.17. The quantitative estimate of drug-likeness (QED) is 0.565.